The van der Waals surface area contributed by atoms with Crippen LogP contribution in [0.2, 0.25) is 0 Å². The van der Waals surface area contributed by atoms with Crippen molar-refractivity contribution in [1.29, 1.82) is 0 Å². The summed E-state index contributed by atoms with van der Waals surface area (Å²) in [6.07, 6.45) is 2.27. The molecule has 1 atom stereocenters. The lowest BCUT2D eigenvalue weighted by Gasteiger charge is -2.21. The molecule has 0 aromatic heterocycles. The molecule has 178 valence electrons. The van der Waals surface area contributed by atoms with Gasteiger partial charge in [-0.2, -0.15) is 0 Å². The van der Waals surface area contributed by atoms with Crippen molar-refractivity contribution in [1.82, 2.24) is 20.4 Å². The van der Waals surface area contributed by atoms with Crippen LogP contribution in [0.15, 0.2) is 29.3 Å². The van der Waals surface area contributed by atoms with Crippen molar-refractivity contribution in [2.45, 2.75) is 53.1 Å². The summed E-state index contributed by atoms with van der Waals surface area (Å²) in [7, 11) is 3.44. The van der Waals surface area contributed by atoms with Gasteiger partial charge in [-0.3, -0.25) is 4.79 Å². The maximum atomic E-state index is 11.7. The molecule has 0 spiro atoms. The molecule has 0 aliphatic rings. The summed E-state index contributed by atoms with van der Waals surface area (Å²) in [6, 6.07) is 8.09. The van der Waals surface area contributed by atoms with Gasteiger partial charge in [0.25, 0.3) is 5.91 Å². The van der Waals surface area contributed by atoms with Crippen LogP contribution >= 0.6 is 24.0 Å². The molecule has 1 aromatic rings. The van der Waals surface area contributed by atoms with Crippen LogP contribution in [0.25, 0.3) is 0 Å². The fraction of sp³-hybridized carbons (Fsp3) is 0.652. The maximum Gasteiger partial charge on any atom is 0.259 e. The Morgan fingerprint density at radius 3 is 2.52 bits per heavy atom. The standard InChI is InChI=1S/C23H41N5O2.HI/c1-7-24-23(26-19(4)12-11-15-28(8-2)9-3)25-17-20-13-10-14-21(16-20)30-18-22(29)27(5)6;/h10,13-14,16,19H,7-9,11-12,15,17-18H2,1-6H3,(H2,24,25,26);1H. The molecule has 0 fully saturated rings. The highest BCUT2D eigenvalue weighted by Crippen LogP contribution is 2.14. The zero-order chi connectivity index (χ0) is 22.4. The summed E-state index contributed by atoms with van der Waals surface area (Å²) in [4.78, 5) is 20.4. The molecule has 0 aliphatic heterocycles. The highest BCUT2D eigenvalue weighted by atomic mass is 127. The van der Waals surface area contributed by atoms with E-state index in [2.05, 4.69) is 43.2 Å². The van der Waals surface area contributed by atoms with E-state index in [0.29, 0.717) is 18.3 Å². The number of aliphatic imine (C=N–C) groups is 1. The fourth-order valence-electron chi connectivity index (χ4n) is 2.96. The predicted molar refractivity (Wildman–Crippen MR) is 140 cm³/mol. The van der Waals surface area contributed by atoms with E-state index in [-0.39, 0.29) is 36.5 Å². The third-order valence-corrected chi connectivity index (χ3v) is 4.91. The van der Waals surface area contributed by atoms with Crippen molar-refractivity contribution < 1.29 is 9.53 Å². The average molecular weight is 548 g/mol. The average Bonchev–Trinajstić information content (AvgIpc) is 2.73. The molecule has 1 amide bonds. The number of guanidine groups is 1. The minimum atomic E-state index is -0.0629. The molecule has 0 saturated heterocycles. The highest BCUT2D eigenvalue weighted by molar-refractivity contribution is 14.0. The van der Waals surface area contributed by atoms with Crippen molar-refractivity contribution in [3.05, 3.63) is 29.8 Å². The lowest BCUT2D eigenvalue weighted by Crippen LogP contribution is -2.42. The second-order valence-corrected chi connectivity index (χ2v) is 7.63. The first-order valence-corrected chi connectivity index (χ1v) is 11.1. The number of nitrogens with zero attached hydrogens (tertiary/aromatic N) is 3. The van der Waals surface area contributed by atoms with Crippen LogP contribution in [0.1, 0.15) is 46.1 Å². The lowest BCUT2D eigenvalue weighted by atomic mass is 10.2. The first-order chi connectivity index (χ1) is 14.4. The van der Waals surface area contributed by atoms with E-state index in [9.17, 15) is 4.79 Å². The van der Waals surface area contributed by atoms with E-state index in [4.69, 9.17) is 9.73 Å². The largest absolute Gasteiger partial charge is 0.484 e. The topological polar surface area (TPSA) is 69.2 Å². The van der Waals surface area contributed by atoms with Crippen LogP contribution in [0.5, 0.6) is 5.75 Å². The molecule has 0 radical (unpaired) electrons. The summed E-state index contributed by atoms with van der Waals surface area (Å²) >= 11 is 0. The van der Waals surface area contributed by atoms with Crippen molar-refractivity contribution in [2.75, 3.05) is 46.9 Å². The van der Waals surface area contributed by atoms with Crippen LogP contribution in [0, 0.1) is 0 Å². The third-order valence-electron chi connectivity index (χ3n) is 4.91. The Bertz CT molecular complexity index is 651. The number of hydrogen-bond acceptors (Lipinski definition) is 4. The molecular formula is C23H42IN5O2. The fourth-order valence-corrected chi connectivity index (χ4v) is 2.96. The number of rotatable bonds is 13. The van der Waals surface area contributed by atoms with E-state index < -0.39 is 0 Å². The van der Waals surface area contributed by atoms with Gasteiger partial charge in [0.05, 0.1) is 6.54 Å². The minimum Gasteiger partial charge on any atom is -0.484 e. The Balaban J connectivity index is 0.00000900. The molecule has 31 heavy (non-hydrogen) atoms. The number of carbonyl (C=O) groups excluding carboxylic acids is 1. The molecule has 1 rings (SSSR count). The number of benzene rings is 1. The number of nitrogens with one attached hydrogen (secondary N) is 2. The molecule has 0 heterocycles. The van der Waals surface area contributed by atoms with Gasteiger partial charge >= 0.3 is 0 Å². The lowest BCUT2D eigenvalue weighted by molar-refractivity contribution is -0.130. The Hall–Kier alpha value is -1.55. The molecular weight excluding hydrogens is 505 g/mol. The first kappa shape index (κ1) is 29.5. The molecule has 0 saturated carbocycles. The summed E-state index contributed by atoms with van der Waals surface area (Å²) in [6.45, 7) is 13.4. The molecule has 7 nitrogen and oxygen atoms in total. The summed E-state index contributed by atoms with van der Waals surface area (Å²) in [5, 5.41) is 6.82. The highest BCUT2D eigenvalue weighted by Gasteiger charge is 2.08. The second kappa shape index (κ2) is 17.1. The quantitative estimate of drug-likeness (QED) is 0.225. The summed E-state index contributed by atoms with van der Waals surface area (Å²) < 4.78 is 5.60. The van der Waals surface area contributed by atoms with Crippen molar-refractivity contribution in [3.63, 3.8) is 0 Å². The van der Waals surface area contributed by atoms with E-state index in [1.807, 2.05) is 24.3 Å². The van der Waals surface area contributed by atoms with Gasteiger partial charge in [-0.05, 0) is 64.0 Å². The van der Waals surface area contributed by atoms with Crippen molar-refractivity contribution in [3.8, 4) is 5.75 Å². The Labute approximate surface area is 206 Å². The number of amides is 1. The maximum absolute atomic E-state index is 11.7. The van der Waals surface area contributed by atoms with Gasteiger partial charge in [0.15, 0.2) is 12.6 Å². The van der Waals surface area contributed by atoms with Gasteiger partial charge in [0.1, 0.15) is 5.75 Å². The van der Waals surface area contributed by atoms with E-state index in [1.165, 1.54) is 11.3 Å². The van der Waals surface area contributed by atoms with E-state index in [0.717, 1.165) is 44.1 Å². The van der Waals surface area contributed by atoms with Crippen LogP contribution in [0.3, 0.4) is 0 Å². The molecule has 8 heteroatoms. The Morgan fingerprint density at radius 1 is 1.19 bits per heavy atom. The molecule has 2 N–H and O–H groups in total. The predicted octanol–water partition coefficient (Wildman–Crippen LogP) is 3.34. The van der Waals surface area contributed by atoms with Crippen LogP contribution in [-0.2, 0) is 11.3 Å². The molecule has 0 aliphatic carbocycles. The van der Waals surface area contributed by atoms with Crippen LogP contribution in [-0.4, -0.2) is 74.6 Å². The van der Waals surface area contributed by atoms with Crippen molar-refractivity contribution >= 4 is 35.8 Å². The SMILES string of the molecule is CCNC(=NCc1cccc(OCC(=O)N(C)C)c1)NC(C)CCCN(CC)CC.I. The molecule has 1 unspecified atom stereocenters. The normalized spacial score (nSPS) is 12.2. The number of halogens is 1. The van der Waals surface area contributed by atoms with Gasteiger partial charge in [0, 0.05) is 26.7 Å². The van der Waals surface area contributed by atoms with Gasteiger partial charge in [0.2, 0.25) is 0 Å². The number of ether oxygens (including phenoxy) is 1. The zero-order valence-electron chi connectivity index (χ0n) is 20.1. The molecule has 0 bridgehead atoms. The summed E-state index contributed by atoms with van der Waals surface area (Å²) in [5.41, 5.74) is 1.04. The second-order valence-electron chi connectivity index (χ2n) is 7.63. The third kappa shape index (κ3) is 12.8. The van der Waals surface area contributed by atoms with E-state index >= 15 is 0 Å². The Kier molecular flexibility index (Phi) is 16.2. The monoisotopic (exact) mass is 547 g/mol. The molecule has 1 aromatic carbocycles. The van der Waals surface area contributed by atoms with Crippen molar-refractivity contribution in [2.24, 2.45) is 4.99 Å². The van der Waals surface area contributed by atoms with Gasteiger partial charge in [-0.1, -0.05) is 26.0 Å². The first-order valence-electron chi connectivity index (χ1n) is 11.1. The zero-order valence-corrected chi connectivity index (χ0v) is 22.4. The smallest absolute Gasteiger partial charge is 0.259 e. The Morgan fingerprint density at radius 2 is 1.90 bits per heavy atom. The number of carbonyl (C=O) groups is 1. The van der Waals surface area contributed by atoms with Crippen LogP contribution in [0.4, 0.5) is 0 Å². The number of hydrogen-bond donors (Lipinski definition) is 2. The van der Waals surface area contributed by atoms with Gasteiger partial charge < -0.3 is 25.2 Å². The van der Waals surface area contributed by atoms with Crippen LogP contribution < -0.4 is 15.4 Å². The number of likely N-dealkylation sites (N-methyl/N-ethyl adjacent to an activating group) is 1. The van der Waals surface area contributed by atoms with Gasteiger partial charge in [-0.25, -0.2) is 4.99 Å². The minimum absolute atomic E-state index is 0. The van der Waals surface area contributed by atoms with Gasteiger partial charge in [-0.15, -0.1) is 24.0 Å². The van der Waals surface area contributed by atoms with E-state index in [1.54, 1.807) is 14.1 Å². The summed E-state index contributed by atoms with van der Waals surface area (Å²) in [5.74, 6) is 1.44.